The maximum atomic E-state index is 11.9. The zero-order valence-corrected chi connectivity index (χ0v) is 8.53. The Balaban J connectivity index is 2.08. The monoisotopic (exact) mass is 206 g/mol. The Morgan fingerprint density at radius 1 is 1.33 bits per heavy atom. The second-order valence-corrected chi connectivity index (χ2v) is 3.82. The summed E-state index contributed by atoms with van der Waals surface area (Å²) >= 11 is 0. The quantitative estimate of drug-likeness (QED) is 0.745. The van der Waals surface area contributed by atoms with E-state index in [2.05, 4.69) is 4.98 Å². The number of carbonyl (C=O) groups is 2. The normalized spacial score (nSPS) is 16.4. The summed E-state index contributed by atoms with van der Waals surface area (Å²) in [5.41, 5.74) is 1.04. The van der Waals surface area contributed by atoms with Crippen LogP contribution in [0.3, 0.4) is 0 Å². The second-order valence-electron chi connectivity index (χ2n) is 3.82. The van der Waals surface area contributed by atoms with Crippen LogP contribution < -0.4 is 0 Å². The second kappa shape index (κ2) is 4.29. The molecule has 1 aromatic rings. The molecular formula is C11H14N2O2. The van der Waals surface area contributed by atoms with Gasteiger partial charge in [0, 0.05) is 24.8 Å². The number of aromatic nitrogens is 1. The maximum absolute atomic E-state index is 11.9. The van der Waals surface area contributed by atoms with Crippen molar-refractivity contribution in [2.45, 2.75) is 19.3 Å². The van der Waals surface area contributed by atoms with E-state index >= 15 is 0 Å². The standard InChI is InChI=1S/C11H14N2O2/c14-8-9-6-10(12-7-9)11(15)13-4-2-1-3-5-13/h6-8,12H,1-5H2. The van der Waals surface area contributed by atoms with E-state index in [4.69, 9.17) is 0 Å². The van der Waals surface area contributed by atoms with Gasteiger partial charge in [0.2, 0.25) is 0 Å². The van der Waals surface area contributed by atoms with Crippen LogP contribution in [0, 0.1) is 0 Å². The first-order valence-corrected chi connectivity index (χ1v) is 5.24. The minimum Gasteiger partial charge on any atom is -0.356 e. The fourth-order valence-electron chi connectivity index (χ4n) is 1.87. The molecule has 1 aliphatic heterocycles. The van der Waals surface area contributed by atoms with Crippen molar-refractivity contribution in [2.75, 3.05) is 13.1 Å². The molecule has 15 heavy (non-hydrogen) atoms. The Bertz CT molecular complexity index is 364. The van der Waals surface area contributed by atoms with Crippen LogP contribution in [0.25, 0.3) is 0 Å². The van der Waals surface area contributed by atoms with E-state index in [9.17, 15) is 9.59 Å². The Morgan fingerprint density at radius 3 is 2.67 bits per heavy atom. The number of rotatable bonds is 2. The van der Waals surface area contributed by atoms with Gasteiger partial charge in [-0.15, -0.1) is 0 Å². The molecule has 0 aliphatic carbocycles. The highest BCUT2D eigenvalue weighted by Gasteiger charge is 2.19. The molecule has 4 heteroatoms. The molecule has 2 rings (SSSR count). The topological polar surface area (TPSA) is 53.2 Å². The van der Waals surface area contributed by atoms with Crippen molar-refractivity contribution >= 4 is 12.2 Å². The number of nitrogens with zero attached hydrogens (tertiary/aromatic N) is 1. The number of hydrogen-bond donors (Lipinski definition) is 1. The fraction of sp³-hybridized carbons (Fsp3) is 0.455. The van der Waals surface area contributed by atoms with Crippen LogP contribution in [-0.2, 0) is 0 Å². The molecule has 2 heterocycles. The third-order valence-electron chi connectivity index (χ3n) is 2.72. The molecule has 0 unspecified atom stereocenters. The molecular weight excluding hydrogens is 192 g/mol. The van der Waals surface area contributed by atoms with Crippen molar-refractivity contribution in [2.24, 2.45) is 0 Å². The average molecular weight is 206 g/mol. The molecule has 1 fully saturated rings. The molecule has 0 atom stereocenters. The highest BCUT2D eigenvalue weighted by atomic mass is 16.2. The molecule has 1 amide bonds. The van der Waals surface area contributed by atoms with Crippen LogP contribution in [-0.4, -0.2) is 35.2 Å². The number of amides is 1. The van der Waals surface area contributed by atoms with E-state index in [1.54, 1.807) is 12.3 Å². The minimum absolute atomic E-state index is 0.00259. The Labute approximate surface area is 88.3 Å². The van der Waals surface area contributed by atoms with Crippen molar-refractivity contribution in [3.63, 3.8) is 0 Å². The first-order chi connectivity index (χ1) is 7.31. The molecule has 0 bridgehead atoms. The van der Waals surface area contributed by atoms with E-state index in [1.165, 1.54) is 6.42 Å². The number of carbonyl (C=O) groups excluding carboxylic acids is 2. The number of H-pyrrole nitrogens is 1. The number of likely N-dealkylation sites (tertiary alicyclic amines) is 1. The third kappa shape index (κ3) is 2.09. The summed E-state index contributed by atoms with van der Waals surface area (Å²) in [6.07, 6.45) is 5.65. The lowest BCUT2D eigenvalue weighted by Gasteiger charge is -2.26. The van der Waals surface area contributed by atoms with Crippen molar-refractivity contribution in [3.8, 4) is 0 Å². The van der Waals surface area contributed by atoms with Crippen LogP contribution in [0.5, 0.6) is 0 Å². The van der Waals surface area contributed by atoms with Gasteiger partial charge in [0.1, 0.15) is 5.69 Å². The summed E-state index contributed by atoms with van der Waals surface area (Å²) in [5.74, 6) is 0.00259. The molecule has 1 aromatic heterocycles. The number of piperidine rings is 1. The highest BCUT2D eigenvalue weighted by Crippen LogP contribution is 2.12. The summed E-state index contributed by atoms with van der Waals surface area (Å²) in [5, 5.41) is 0. The maximum Gasteiger partial charge on any atom is 0.270 e. The van der Waals surface area contributed by atoms with Crippen molar-refractivity contribution in [1.29, 1.82) is 0 Å². The van der Waals surface area contributed by atoms with E-state index < -0.39 is 0 Å². The summed E-state index contributed by atoms with van der Waals surface area (Å²) in [4.78, 5) is 27.1. The molecule has 4 nitrogen and oxygen atoms in total. The van der Waals surface area contributed by atoms with Crippen LogP contribution in [0.2, 0.25) is 0 Å². The lowest BCUT2D eigenvalue weighted by Crippen LogP contribution is -2.35. The summed E-state index contributed by atoms with van der Waals surface area (Å²) < 4.78 is 0. The Hall–Kier alpha value is -1.58. The summed E-state index contributed by atoms with van der Waals surface area (Å²) in [7, 11) is 0. The SMILES string of the molecule is O=Cc1c[nH]c(C(=O)N2CCCCC2)c1. The first-order valence-electron chi connectivity index (χ1n) is 5.24. The van der Waals surface area contributed by atoms with Crippen LogP contribution in [0.15, 0.2) is 12.3 Å². The average Bonchev–Trinajstić information content (AvgIpc) is 2.78. The number of nitrogens with one attached hydrogen (secondary N) is 1. The summed E-state index contributed by atoms with van der Waals surface area (Å²) in [6.45, 7) is 1.66. The lowest BCUT2D eigenvalue weighted by molar-refractivity contribution is 0.0719. The van der Waals surface area contributed by atoms with E-state index in [-0.39, 0.29) is 5.91 Å². The molecule has 0 spiro atoms. The predicted octanol–water partition coefficient (Wildman–Crippen LogP) is 1.45. The van der Waals surface area contributed by atoms with Crippen LogP contribution in [0.1, 0.15) is 40.1 Å². The van der Waals surface area contributed by atoms with E-state index in [0.717, 1.165) is 32.2 Å². The molecule has 0 aromatic carbocycles. The van der Waals surface area contributed by atoms with E-state index in [0.29, 0.717) is 11.3 Å². The Kier molecular flexibility index (Phi) is 2.85. The van der Waals surface area contributed by atoms with Gasteiger partial charge >= 0.3 is 0 Å². The Morgan fingerprint density at radius 2 is 2.07 bits per heavy atom. The number of aromatic amines is 1. The van der Waals surface area contributed by atoms with Gasteiger partial charge in [-0.2, -0.15) is 0 Å². The number of hydrogen-bond acceptors (Lipinski definition) is 2. The fourth-order valence-corrected chi connectivity index (χ4v) is 1.87. The van der Waals surface area contributed by atoms with Gasteiger partial charge in [0.25, 0.3) is 5.91 Å². The highest BCUT2D eigenvalue weighted by molar-refractivity contribution is 5.94. The first kappa shape index (κ1) is 9.96. The van der Waals surface area contributed by atoms with Gasteiger partial charge in [-0.3, -0.25) is 9.59 Å². The summed E-state index contributed by atoms with van der Waals surface area (Å²) in [6, 6.07) is 1.60. The van der Waals surface area contributed by atoms with Crippen molar-refractivity contribution in [3.05, 3.63) is 23.5 Å². The third-order valence-corrected chi connectivity index (χ3v) is 2.72. The van der Waals surface area contributed by atoms with Gasteiger partial charge in [0.15, 0.2) is 6.29 Å². The lowest BCUT2D eigenvalue weighted by atomic mass is 10.1. The van der Waals surface area contributed by atoms with Gasteiger partial charge < -0.3 is 9.88 Å². The largest absolute Gasteiger partial charge is 0.356 e. The molecule has 0 radical (unpaired) electrons. The molecule has 1 aliphatic rings. The van der Waals surface area contributed by atoms with Gasteiger partial charge in [-0.25, -0.2) is 0 Å². The number of aldehydes is 1. The van der Waals surface area contributed by atoms with Gasteiger partial charge in [-0.1, -0.05) is 0 Å². The molecule has 1 saturated heterocycles. The van der Waals surface area contributed by atoms with Crippen molar-refractivity contribution < 1.29 is 9.59 Å². The van der Waals surface area contributed by atoms with Crippen LogP contribution in [0.4, 0.5) is 0 Å². The molecule has 80 valence electrons. The zero-order chi connectivity index (χ0) is 10.7. The van der Waals surface area contributed by atoms with Crippen LogP contribution >= 0.6 is 0 Å². The predicted molar refractivity (Wildman–Crippen MR) is 55.9 cm³/mol. The molecule has 0 saturated carbocycles. The van der Waals surface area contributed by atoms with Crippen molar-refractivity contribution in [1.82, 2.24) is 9.88 Å². The molecule has 1 N–H and O–H groups in total. The smallest absolute Gasteiger partial charge is 0.270 e. The zero-order valence-electron chi connectivity index (χ0n) is 8.53. The van der Waals surface area contributed by atoms with E-state index in [1.807, 2.05) is 4.90 Å². The van der Waals surface area contributed by atoms with Gasteiger partial charge in [-0.05, 0) is 25.3 Å². The minimum atomic E-state index is 0.00259. The van der Waals surface area contributed by atoms with Gasteiger partial charge in [0.05, 0.1) is 0 Å².